The van der Waals surface area contributed by atoms with Crippen molar-refractivity contribution in [1.82, 2.24) is 14.7 Å². The largest absolute Gasteiger partial charge is 0.481 e. The van der Waals surface area contributed by atoms with Crippen molar-refractivity contribution in [2.75, 3.05) is 13.1 Å². The third-order valence-corrected chi connectivity index (χ3v) is 3.82. The smallest absolute Gasteiger partial charge is 0.307 e. The highest BCUT2D eigenvalue weighted by molar-refractivity contribution is 5.70. The number of nitrogens with zero attached hydrogens (tertiary/aromatic N) is 3. The predicted molar refractivity (Wildman–Crippen MR) is 72.9 cm³/mol. The number of likely N-dealkylation sites (tertiary alicyclic amines) is 1. The van der Waals surface area contributed by atoms with Crippen molar-refractivity contribution in [3.8, 4) is 0 Å². The lowest BCUT2D eigenvalue weighted by Gasteiger charge is -2.30. The van der Waals surface area contributed by atoms with Gasteiger partial charge in [0.15, 0.2) is 0 Å². The van der Waals surface area contributed by atoms with Gasteiger partial charge in [-0.25, -0.2) is 0 Å². The quantitative estimate of drug-likeness (QED) is 0.881. The fourth-order valence-electron chi connectivity index (χ4n) is 2.72. The molecule has 0 amide bonds. The molecule has 1 N–H and O–H groups in total. The third kappa shape index (κ3) is 3.35. The summed E-state index contributed by atoms with van der Waals surface area (Å²) < 4.78 is 2.03. The van der Waals surface area contributed by atoms with Crippen molar-refractivity contribution in [3.05, 3.63) is 17.5 Å². The molecule has 0 aliphatic carbocycles. The normalized spacial score (nSPS) is 20.6. The van der Waals surface area contributed by atoms with Gasteiger partial charge in [0.2, 0.25) is 0 Å². The molecule has 0 aromatic carbocycles. The Hall–Kier alpha value is -1.36. The summed E-state index contributed by atoms with van der Waals surface area (Å²) in [4.78, 5) is 13.3. The molecule has 1 unspecified atom stereocenters. The first-order valence-corrected chi connectivity index (χ1v) is 7.14. The predicted octanol–water partition coefficient (Wildman–Crippen LogP) is 1.76. The minimum atomic E-state index is -0.664. The first-order valence-electron chi connectivity index (χ1n) is 7.14. The van der Waals surface area contributed by atoms with Crippen LogP contribution < -0.4 is 0 Å². The van der Waals surface area contributed by atoms with E-state index < -0.39 is 5.97 Å². The zero-order valence-electron chi connectivity index (χ0n) is 11.8. The summed E-state index contributed by atoms with van der Waals surface area (Å²) in [5.41, 5.74) is 2.31. The molecule has 1 fully saturated rings. The molecule has 0 saturated carbocycles. The SMILES string of the molecule is CCc1cc(CN2CCCC(C(=O)O)C2)n(CC)n1. The number of aliphatic carboxylic acids is 1. The van der Waals surface area contributed by atoms with Gasteiger partial charge in [-0.15, -0.1) is 0 Å². The number of hydrogen-bond donors (Lipinski definition) is 1. The lowest BCUT2D eigenvalue weighted by Crippen LogP contribution is -2.38. The fourth-order valence-corrected chi connectivity index (χ4v) is 2.72. The molecule has 2 heterocycles. The third-order valence-electron chi connectivity index (χ3n) is 3.82. The monoisotopic (exact) mass is 265 g/mol. The molecular weight excluding hydrogens is 242 g/mol. The molecule has 5 nitrogen and oxygen atoms in total. The summed E-state index contributed by atoms with van der Waals surface area (Å²) in [5, 5.41) is 13.7. The highest BCUT2D eigenvalue weighted by atomic mass is 16.4. The van der Waals surface area contributed by atoms with Gasteiger partial charge in [0.05, 0.1) is 17.3 Å². The summed E-state index contributed by atoms with van der Waals surface area (Å²) in [5.74, 6) is -0.875. The number of carboxylic acids is 1. The Balaban J connectivity index is 2.03. The van der Waals surface area contributed by atoms with E-state index in [-0.39, 0.29) is 5.92 Å². The van der Waals surface area contributed by atoms with Crippen LogP contribution in [0.2, 0.25) is 0 Å². The summed E-state index contributed by atoms with van der Waals surface area (Å²) in [6.07, 6.45) is 2.72. The Bertz CT molecular complexity index is 442. The number of carbonyl (C=O) groups is 1. The van der Waals surface area contributed by atoms with Gasteiger partial charge in [0.1, 0.15) is 0 Å². The van der Waals surface area contributed by atoms with Gasteiger partial charge in [0, 0.05) is 19.6 Å². The Morgan fingerprint density at radius 1 is 1.53 bits per heavy atom. The highest BCUT2D eigenvalue weighted by Gasteiger charge is 2.25. The topological polar surface area (TPSA) is 58.4 Å². The standard InChI is InChI=1S/C14H23N3O2/c1-3-12-8-13(17(4-2)15-12)10-16-7-5-6-11(9-16)14(18)19/h8,11H,3-7,9-10H2,1-2H3,(H,18,19). The van der Waals surface area contributed by atoms with Gasteiger partial charge < -0.3 is 5.11 Å². The zero-order valence-corrected chi connectivity index (χ0v) is 11.8. The van der Waals surface area contributed by atoms with E-state index in [1.807, 2.05) is 4.68 Å². The number of piperidine rings is 1. The maximum atomic E-state index is 11.1. The van der Waals surface area contributed by atoms with Gasteiger partial charge in [-0.05, 0) is 38.8 Å². The van der Waals surface area contributed by atoms with Crippen LogP contribution in [-0.4, -0.2) is 38.8 Å². The summed E-state index contributed by atoms with van der Waals surface area (Å²) in [6.45, 7) is 7.52. The van der Waals surface area contributed by atoms with Crippen LogP contribution in [0.25, 0.3) is 0 Å². The maximum absolute atomic E-state index is 11.1. The molecule has 106 valence electrons. The number of aromatic nitrogens is 2. The second-order valence-electron chi connectivity index (χ2n) is 5.21. The molecule has 1 aliphatic rings. The average Bonchev–Trinajstić information content (AvgIpc) is 2.81. The molecule has 0 radical (unpaired) electrons. The molecule has 0 spiro atoms. The van der Waals surface area contributed by atoms with E-state index in [0.717, 1.165) is 44.6 Å². The average molecular weight is 265 g/mol. The minimum absolute atomic E-state index is 0.211. The van der Waals surface area contributed by atoms with Gasteiger partial charge in [0.25, 0.3) is 0 Å². The highest BCUT2D eigenvalue weighted by Crippen LogP contribution is 2.19. The number of aryl methyl sites for hydroxylation is 2. The minimum Gasteiger partial charge on any atom is -0.481 e. The van der Waals surface area contributed by atoms with Crippen LogP contribution >= 0.6 is 0 Å². The van der Waals surface area contributed by atoms with E-state index in [4.69, 9.17) is 5.11 Å². The lowest BCUT2D eigenvalue weighted by atomic mass is 9.98. The van der Waals surface area contributed by atoms with E-state index in [1.165, 1.54) is 5.69 Å². The number of carboxylic acid groups (broad SMARTS) is 1. The lowest BCUT2D eigenvalue weighted by molar-refractivity contribution is -0.143. The molecule has 2 rings (SSSR count). The van der Waals surface area contributed by atoms with Crippen LogP contribution in [0.4, 0.5) is 0 Å². The van der Waals surface area contributed by atoms with Crippen molar-refractivity contribution < 1.29 is 9.90 Å². The summed E-state index contributed by atoms with van der Waals surface area (Å²) in [7, 11) is 0. The van der Waals surface area contributed by atoms with Crippen molar-refractivity contribution >= 4 is 5.97 Å². The Labute approximate surface area is 114 Å². The van der Waals surface area contributed by atoms with E-state index in [0.29, 0.717) is 6.54 Å². The zero-order chi connectivity index (χ0) is 13.8. The van der Waals surface area contributed by atoms with E-state index in [2.05, 4.69) is 29.9 Å². The molecule has 1 aromatic heterocycles. The number of hydrogen-bond acceptors (Lipinski definition) is 3. The van der Waals surface area contributed by atoms with Crippen LogP contribution in [0, 0.1) is 5.92 Å². The van der Waals surface area contributed by atoms with Crippen LogP contribution in [0.15, 0.2) is 6.07 Å². The Morgan fingerprint density at radius 2 is 2.32 bits per heavy atom. The summed E-state index contributed by atoms with van der Waals surface area (Å²) >= 11 is 0. The van der Waals surface area contributed by atoms with E-state index in [9.17, 15) is 4.79 Å². The molecule has 1 aliphatic heterocycles. The van der Waals surface area contributed by atoms with Gasteiger partial charge in [-0.3, -0.25) is 14.4 Å². The second kappa shape index (κ2) is 6.19. The Morgan fingerprint density at radius 3 is 2.95 bits per heavy atom. The maximum Gasteiger partial charge on any atom is 0.307 e. The van der Waals surface area contributed by atoms with Crippen molar-refractivity contribution in [2.24, 2.45) is 5.92 Å². The second-order valence-corrected chi connectivity index (χ2v) is 5.21. The van der Waals surface area contributed by atoms with Crippen LogP contribution in [0.3, 0.4) is 0 Å². The van der Waals surface area contributed by atoms with Crippen LogP contribution in [0.5, 0.6) is 0 Å². The molecule has 5 heteroatoms. The first kappa shape index (κ1) is 14.1. The van der Waals surface area contributed by atoms with E-state index in [1.54, 1.807) is 0 Å². The van der Waals surface area contributed by atoms with E-state index >= 15 is 0 Å². The van der Waals surface area contributed by atoms with Crippen LogP contribution in [0.1, 0.15) is 38.1 Å². The molecular formula is C14H23N3O2. The first-order chi connectivity index (χ1) is 9.13. The molecule has 1 aromatic rings. The molecule has 1 saturated heterocycles. The Kier molecular flexibility index (Phi) is 4.58. The van der Waals surface area contributed by atoms with Crippen LogP contribution in [-0.2, 0) is 24.3 Å². The van der Waals surface area contributed by atoms with Crippen molar-refractivity contribution in [3.63, 3.8) is 0 Å². The van der Waals surface area contributed by atoms with Gasteiger partial charge in [-0.2, -0.15) is 5.10 Å². The molecule has 0 bridgehead atoms. The van der Waals surface area contributed by atoms with Crippen molar-refractivity contribution in [1.29, 1.82) is 0 Å². The molecule has 1 atom stereocenters. The van der Waals surface area contributed by atoms with Crippen molar-refractivity contribution in [2.45, 2.75) is 46.2 Å². The summed E-state index contributed by atoms with van der Waals surface area (Å²) in [6, 6.07) is 2.15. The number of rotatable bonds is 5. The van der Waals surface area contributed by atoms with Gasteiger partial charge in [-0.1, -0.05) is 6.92 Å². The molecule has 19 heavy (non-hydrogen) atoms. The van der Waals surface area contributed by atoms with Gasteiger partial charge >= 0.3 is 5.97 Å². The fraction of sp³-hybridized carbons (Fsp3) is 0.714.